The number of carboxylic acids is 1. The van der Waals surface area contributed by atoms with Crippen molar-refractivity contribution in [2.75, 3.05) is 11.4 Å². The van der Waals surface area contributed by atoms with Crippen LogP contribution in [0.4, 0.5) is 23.2 Å². The highest BCUT2D eigenvalue weighted by Gasteiger charge is 2.39. The third-order valence-corrected chi connectivity index (χ3v) is 2.84. The van der Waals surface area contributed by atoms with Gasteiger partial charge in [0.25, 0.3) is 0 Å². The van der Waals surface area contributed by atoms with E-state index in [4.69, 9.17) is 5.11 Å². The molecule has 1 aromatic carbocycles. The second-order valence-corrected chi connectivity index (χ2v) is 4.44. The average Bonchev–Trinajstić information content (AvgIpc) is 3.08. The number of carbonyl (C=O) groups is 1. The number of carboxylic acid groups (broad SMARTS) is 1. The second kappa shape index (κ2) is 4.71. The van der Waals surface area contributed by atoms with E-state index < -0.39 is 30.1 Å². The molecule has 1 aliphatic carbocycles. The Kier molecular flexibility index (Phi) is 3.38. The van der Waals surface area contributed by atoms with Gasteiger partial charge in [0.15, 0.2) is 0 Å². The standard InChI is InChI=1S/C12H11F4NO2/c13-7-1-4-10(9(5-7)11(18)19)17(8-2-3-8)6-12(14,15)16/h1,4-5,8H,2-3,6H2,(H,18,19). The highest BCUT2D eigenvalue weighted by molar-refractivity contribution is 5.94. The molecule has 0 aliphatic heterocycles. The van der Waals surface area contributed by atoms with Crippen LogP contribution in [0.2, 0.25) is 0 Å². The fourth-order valence-corrected chi connectivity index (χ4v) is 1.92. The average molecular weight is 277 g/mol. The predicted molar refractivity (Wildman–Crippen MR) is 59.8 cm³/mol. The Bertz CT molecular complexity index is 497. The molecule has 3 nitrogen and oxygen atoms in total. The van der Waals surface area contributed by atoms with Crippen LogP contribution in [0.5, 0.6) is 0 Å². The number of halogens is 4. The molecule has 0 radical (unpaired) electrons. The van der Waals surface area contributed by atoms with Crippen LogP contribution in [0.1, 0.15) is 23.2 Å². The Labute approximate surface area is 106 Å². The maximum atomic E-state index is 13.0. The van der Waals surface area contributed by atoms with Gasteiger partial charge in [-0.05, 0) is 31.0 Å². The summed E-state index contributed by atoms with van der Waals surface area (Å²) in [4.78, 5) is 12.0. The molecule has 0 amide bonds. The Morgan fingerprint density at radius 1 is 1.37 bits per heavy atom. The van der Waals surface area contributed by atoms with Crippen LogP contribution in [0.25, 0.3) is 0 Å². The third-order valence-electron chi connectivity index (χ3n) is 2.84. The van der Waals surface area contributed by atoms with Gasteiger partial charge in [-0.15, -0.1) is 0 Å². The smallest absolute Gasteiger partial charge is 0.405 e. The van der Waals surface area contributed by atoms with Crippen molar-refractivity contribution in [3.8, 4) is 0 Å². The van der Waals surface area contributed by atoms with Crippen LogP contribution < -0.4 is 4.90 Å². The molecular weight excluding hydrogens is 266 g/mol. The van der Waals surface area contributed by atoms with Crippen LogP contribution in [0, 0.1) is 5.82 Å². The summed E-state index contributed by atoms with van der Waals surface area (Å²) in [7, 11) is 0. The van der Waals surface area contributed by atoms with Gasteiger partial charge in [-0.2, -0.15) is 13.2 Å². The summed E-state index contributed by atoms with van der Waals surface area (Å²) in [5, 5.41) is 8.96. The normalized spacial score (nSPS) is 15.4. The van der Waals surface area contributed by atoms with Crippen molar-refractivity contribution in [3.05, 3.63) is 29.6 Å². The van der Waals surface area contributed by atoms with E-state index in [-0.39, 0.29) is 11.7 Å². The van der Waals surface area contributed by atoms with Gasteiger partial charge in [-0.3, -0.25) is 0 Å². The van der Waals surface area contributed by atoms with Crippen LogP contribution in [-0.2, 0) is 0 Å². The van der Waals surface area contributed by atoms with Crippen molar-refractivity contribution >= 4 is 11.7 Å². The number of hydrogen-bond acceptors (Lipinski definition) is 2. The Morgan fingerprint density at radius 3 is 2.47 bits per heavy atom. The van der Waals surface area contributed by atoms with E-state index >= 15 is 0 Å². The van der Waals surface area contributed by atoms with Gasteiger partial charge in [0.2, 0.25) is 0 Å². The SMILES string of the molecule is O=C(O)c1cc(F)ccc1N(CC(F)(F)F)C1CC1. The lowest BCUT2D eigenvalue weighted by atomic mass is 10.1. The van der Waals surface area contributed by atoms with E-state index in [1.165, 1.54) is 0 Å². The molecular formula is C12H11F4NO2. The van der Waals surface area contributed by atoms with Gasteiger partial charge >= 0.3 is 12.1 Å². The molecule has 2 rings (SSSR count). The molecule has 0 heterocycles. The molecule has 1 aliphatic rings. The minimum atomic E-state index is -4.44. The number of nitrogens with zero attached hydrogens (tertiary/aromatic N) is 1. The quantitative estimate of drug-likeness (QED) is 0.860. The zero-order valence-electron chi connectivity index (χ0n) is 9.75. The van der Waals surface area contributed by atoms with Crippen molar-refractivity contribution in [2.24, 2.45) is 0 Å². The number of alkyl halides is 3. The fourth-order valence-electron chi connectivity index (χ4n) is 1.92. The van der Waals surface area contributed by atoms with Crippen LogP contribution >= 0.6 is 0 Å². The van der Waals surface area contributed by atoms with Gasteiger partial charge in [-0.1, -0.05) is 0 Å². The summed E-state index contributed by atoms with van der Waals surface area (Å²) < 4.78 is 50.6. The highest BCUT2D eigenvalue weighted by Crippen LogP contribution is 2.36. The monoisotopic (exact) mass is 277 g/mol. The summed E-state index contributed by atoms with van der Waals surface area (Å²) in [5.41, 5.74) is -0.537. The molecule has 1 N–H and O–H groups in total. The zero-order valence-corrected chi connectivity index (χ0v) is 9.75. The van der Waals surface area contributed by atoms with E-state index in [2.05, 4.69) is 0 Å². The largest absolute Gasteiger partial charge is 0.478 e. The molecule has 0 spiro atoms. The summed E-state index contributed by atoms with van der Waals surface area (Å²) in [6.07, 6.45) is -3.29. The van der Waals surface area contributed by atoms with E-state index in [1.54, 1.807) is 0 Å². The van der Waals surface area contributed by atoms with E-state index in [0.717, 1.165) is 23.1 Å². The summed E-state index contributed by atoms with van der Waals surface area (Å²) in [6.45, 7) is -1.23. The molecule has 19 heavy (non-hydrogen) atoms. The Balaban J connectivity index is 2.39. The number of benzene rings is 1. The minimum Gasteiger partial charge on any atom is -0.478 e. The number of anilines is 1. The van der Waals surface area contributed by atoms with Crippen molar-refractivity contribution in [2.45, 2.75) is 25.1 Å². The lowest BCUT2D eigenvalue weighted by molar-refractivity contribution is -0.120. The first kappa shape index (κ1) is 13.6. The molecule has 7 heteroatoms. The molecule has 0 bridgehead atoms. The molecule has 0 aromatic heterocycles. The molecule has 1 aromatic rings. The zero-order chi connectivity index (χ0) is 14.2. The molecule has 0 saturated heterocycles. The van der Waals surface area contributed by atoms with E-state index in [9.17, 15) is 22.4 Å². The first-order valence-electron chi connectivity index (χ1n) is 5.64. The van der Waals surface area contributed by atoms with Crippen molar-refractivity contribution in [1.82, 2.24) is 0 Å². The topological polar surface area (TPSA) is 40.5 Å². The van der Waals surface area contributed by atoms with Crippen molar-refractivity contribution in [3.63, 3.8) is 0 Å². The predicted octanol–water partition coefficient (Wildman–Crippen LogP) is 3.06. The fraction of sp³-hybridized carbons (Fsp3) is 0.417. The summed E-state index contributed by atoms with van der Waals surface area (Å²) in [6, 6.07) is 2.46. The number of aromatic carboxylic acids is 1. The van der Waals surface area contributed by atoms with Crippen LogP contribution in [-0.4, -0.2) is 29.8 Å². The Hall–Kier alpha value is -1.79. The van der Waals surface area contributed by atoms with Crippen LogP contribution in [0.15, 0.2) is 18.2 Å². The molecule has 1 fully saturated rings. The summed E-state index contributed by atoms with van der Waals surface area (Å²) in [5.74, 6) is -2.23. The lowest BCUT2D eigenvalue weighted by Gasteiger charge is -2.27. The van der Waals surface area contributed by atoms with Crippen molar-refractivity contribution in [1.29, 1.82) is 0 Å². The van der Waals surface area contributed by atoms with Gasteiger partial charge in [0.1, 0.15) is 12.4 Å². The number of hydrogen-bond donors (Lipinski definition) is 1. The van der Waals surface area contributed by atoms with Gasteiger partial charge in [0.05, 0.1) is 11.3 Å². The maximum Gasteiger partial charge on any atom is 0.405 e. The van der Waals surface area contributed by atoms with E-state index in [1.807, 2.05) is 0 Å². The molecule has 0 unspecified atom stereocenters. The minimum absolute atomic E-state index is 0.0891. The highest BCUT2D eigenvalue weighted by atomic mass is 19.4. The number of rotatable bonds is 4. The first-order chi connectivity index (χ1) is 8.78. The lowest BCUT2D eigenvalue weighted by Crippen LogP contribution is -2.37. The third kappa shape index (κ3) is 3.36. The molecule has 0 atom stereocenters. The summed E-state index contributed by atoms with van der Waals surface area (Å²) >= 11 is 0. The van der Waals surface area contributed by atoms with E-state index in [0.29, 0.717) is 12.8 Å². The van der Waals surface area contributed by atoms with Gasteiger partial charge < -0.3 is 10.0 Å². The molecule has 1 saturated carbocycles. The second-order valence-electron chi connectivity index (χ2n) is 4.44. The van der Waals surface area contributed by atoms with Crippen LogP contribution in [0.3, 0.4) is 0 Å². The van der Waals surface area contributed by atoms with Gasteiger partial charge in [0, 0.05) is 6.04 Å². The van der Waals surface area contributed by atoms with Crippen molar-refractivity contribution < 1.29 is 27.5 Å². The maximum absolute atomic E-state index is 13.0. The molecule has 104 valence electrons. The Morgan fingerprint density at radius 2 is 2.00 bits per heavy atom. The van der Waals surface area contributed by atoms with Gasteiger partial charge in [-0.25, -0.2) is 9.18 Å². The first-order valence-corrected chi connectivity index (χ1v) is 5.64.